The summed E-state index contributed by atoms with van der Waals surface area (Å²) in [7, 11) is 0. The third kappa shape index (κ3) is 3.61. The van der Waals surface area contributed by atoms with Crippen LogP contribution < -0.4 is 5.32 Å². The van der Waals surface area contributed by atoms with E-state index in [2.05, 4.69) is 16.2 Å². The first-order valence-corrected chi connectivity index (χ1v) is 4.94. The van der Waals surface area contributed by atoms with Crippen LogP contribution in [0.1, 0.15) is 22.5 Å². The summed E-state index contributed by atoms with van der Waals surface area (Å²) in [5.41, 5.74) is 1.04. The zero-order valence-corrected chi connectivity index (χ0v) is 9.30. The normalized spacial score (nSPS) is 11.3. The Morgan fingerprint density at radius 3 is 2.88 bits per heavy atom. The molecule has 0 saturated carbocycles. The number of nitrogens with one attached hydrogen (secondary N) is 1. The molecule has 0 aliphatic carbocycles. The third-order valence-corrected chi connectivity index (χ3v) is 2.08. The van der Waals surface area contributed by atoms with Gasteiger partial charge in [0.15, 0.2) is 0 Å². The molecule has 0 aliphatic heterocycles. The van der Waals surface area contributed by atoms with Crippen LogP contribution in [0.4, 0.5) is 0 Å². The van der Waals surface area contributed by atoms with Crippen molar-refractivity contribution in [3.05, 3.63) is 29.6 Å². The van der Waals surface area contributed by atoms with Gasteiger partial charge in [-0.25, -0.2) is 4.79 Å². The number of aliphatic carboxylic acids is 1. The van der Waals surface area contributed by atoms with E-state index in [0.29, 0.717) is 11.3 Å². The fourth-order valence-corrected chi connectivity index (χ4v) is 1.25. The topological polar surface area (TPSA) is 79.3 Å². The molecule has 88 valence electrons. The molecule has 1 aromatic rings. The second-order valence-electron chi connectivity index (χ2n) is 3.46. The van der Waals surface area contributed by atoms with Gasteiger partial charge in [-0.15, -0.1) is 12.3 Å². The number of hydrogen-bond acceptors (Lipinski definition) is 3. The zero-order valence-electron chi connectivity index (χ0n) is 9.30. The average Bonchev–Trinajstić information content (AvgIpc) is 2.28. The van der Waals surface area contributed by atoms with Crippen LogP contribution in [0.3, 0.4) is 0 Å². The summed E-state index contributed by atoms with van der Waals surface area (Å²) < 4.78 is 0. The largest absolute Gasteiger partial charge is 0.480 e. The van der Waals surface area contributed by atoms with Crippen LogP contribution in [0, 0.1) is 19.3 Å². The fraction of sp³-hybridized carbons (Fsp3) is 0.250. The number of aromatic nitrogens is 1. The molecule has 1 amide bonds. The molecule has 0 saturated heterocycles. The number of carboxylic acids is 1. The van der Waals surface area contributed by atoms with Crippen molar-refractivity contribution in [2.45, 2.75) is 19.4 Å². The molecular weight excluding hydrogens is 220 g/mol. The van der Waals surface area contributed by atoms with Crippen molar-refractivity contribution in [2.75, 3.05) is 0 Å². The Labute approximate surface area is 98.9 Å². The summed E-state index contributed by atoms with van der Waals surface area (Å²) in [6.07, 6.45) is 6.47. The molecule has 1 aromatic heterocycles. The van der Waals surface area contributed by atoms with Crippen LogP contribution in [0.2, 0.25) is 0 Å². The quantitative estimate of drug-likeness (QED) is 0.745. The van der Waals surface area contributed by atoms with Gasteiger partial charge in [0.1, 0.15) is 6.04 Å². The molecule has 0 aromatic carbocycles. The zero-order chi connectivity index (χ0) is 12.8. The number of terminal acetylenes is 1. The van der Waals surface area contributed by atoms with Crippen LogP contribution in [0.25, 0.3) is 0 Å². The minimum atomic E-state index is -1.15. The molecule has 1 rings (SSSR count). The van der Waals surface area contributed by atoms with E-state index < -0.39 is 17.9 Å². The maximum absolute atomic E-state index is 11.7. The highest BCUT2D eigenvalue weighted by Crippen LogP contribution is 2.02. The van der Waals surface area contributed by atoms with E-state index in [9.17, 15) is 9.59 Å². The minimum absolute atomic E-state index is 0.0505. The van der Waals surface area contributed by atoms with Crippen LogP contribution in [-0.4, -0.2) is 28.0 Å². The van der Waals surface area contributed by atoms with Crippen molar-refractivity contribution < 1.29 is 14.7 Å². The summed E-state index contributed by atoms with van der Waals surface area (Å²) in [6, 6.07) is 2.02. The number of amides is 1. The Balaban J connectivity index is 2.78. The van der Waals surface area contributed by atoms with Gasteiger partial charge in [0.2, 0.25) is 0 Å². The highest BCUT2D eigenvalue weighted by molar-refractivity contribution is 5.96. The van der Waals surface area contributed by atoms with Gasteiger partial charge in [-0.1, -0.05) is 0 Å². The summed E-state index contributed by atoms with van der Waals surface area (Å²) >= 11 is 0. The summed E-state index contributed by atoms with van der Waals surface area (Å²) in [5, 5.41) is 11.2. The molecule has 17 heavy (non-hydrogen) atoms. The lowest BCUT2D eigenvalue weighted by molar-refractivity contribution is -0.139. The highest BCUT2D eigenvalue weighted by atomic mass is 16.4. The third-order valence-electron chi connectivity index (χ3n) is 2.08. The maximum atomic E-state index is 11.7. The van der Waals surface area contributed by atoms with Crippen molar-refractivity contribution in [3.8, 4) is 12.3 Å². The van der Waals surface area contributed by atoms with Crippen molar-refractivity contribution in [1.29, 1.82) is 0 Å². The highest BCUT2D eigenvalue weighted by Gasteiger charge is 2.19. The van der Waals surface area contributed by atoms with Gasteiger partial charge in [0.05, 0.1) is 0 Å². The standard InChI is InChI=1S/C12H12N2O3/c1-3-4-10(12(16)17)14-11(15)9-5-6-13-8(2)7-9/h1,5-7,10H,4H2,2H3,(H,14,15)(H,16,17). The summed E-state index contributed by atoms with van der Waals surface area (Å²) in [6.45, 7) is 1.74. The summed E-state index contributed by atoms with van der Waals surface area (Å²) in [5.74, 6) is 0.585. The molecule has 5 heteroatoms. The molecule has 0 aliphatic rings. The van der Waals surface area contributed by atoms with E-state index in [0.717, 1.165) is 0 Å². The molecule has 0 spiro atoms. The number of nitrogens with zero attached hydrogens (tertiary/aromatic N) is 1. The molecule has 0 fully saturated rings. The van der Waals surface area contributed by atoms with Crippen LogP contribution in [-0.2, 0) is 4.79 Å². The SMILES string of the molecule is C#CCC(NC(=O)c1ccnc(C)c1)C(=O)O. The van der Waals surface area contributed by atoms with E-state index in [-0.39, 0.29) is 6.42 Å². The van der Waals surface area contributed by atoms with E-state index in [1.54, 1.807) is 13.0 Å². The van der Waals surface area contributed by atoms with Gasteiger partial charge >= 0.3 is 5.97 Å². The lowest BCUT2D eigenvalue weighted by Crippen LogP contribution is -2.40. The first kappa shape index (κ1) is 12.7. The van der Waals surface area contributed by atoms with Gasteiger partial charge in [-0.05, 0) is 19.1 Å². The molecule has 0 radical (unpaired) electrons. The first-order valence-electron chi connectivity index (χ1n) is 4.94. The monoisotopic (exact) mass is 232 g/mol. The predicted octanol–water partition coefficient (Wildman–Crippen LogP) is 0.596. The number of aryl methyl sites for hydroxylation is 1. The second kappa shape index (κ2) is 5.66. The number of pyridine rings is 1. The van der Waals surface area contributed by atoms with Crippen LogP contribution >= 0.6 is 0 Å². The lowest BCUT2D eigenvalue weighted by Gasteiger charge is -2.11. The van der Waals surface area contributed by atoms with Crippen molar-refractivity contribution >= 4 is 11.9 Å². The van der Waals surface area contributed by atoms with Crippen LogP contribution in [0.15, 0.2) is 18.3 Å². The number of carbonyl (C=O) groups excluding carboxylic acids is 1. The first-order chi connectivity index (χ1) is 8.04. The molecular formula is C12H12N2O3. The van der Waals surface area contributed by atoms with Crippen molar-refractivity contribution in [1.82, 2.24) is 10.3 Å². The average molecular weight is 232 g/mol. The number of carboxylic acid groups (broad SMARTS) is 1. The van der Waals surface area contributed by atoms with E-state index in [1.165, 1.54) is 12.3 Å². The molecule has 1 unspecified atom stereocenters. The summed E-state index contributed by atoms with van der Waals surface area (Å²) in [4.78, 5) is 26.5. The van der Waals surface area contributed by atoms with Crippen LogP contribution in [0.5, 0.6) is 0 Å². The predicted molar refractivity (Wildman–Crippen MR) is 61.3 cm³/mol. The molecule has 0 bridgehead atoms. The van der Waals surface area contributed by atoms with E-state index >= 15 is 0 Å². The fourth-order valence-electron chi connectivity index (χ4n) is 1.25. The Bertz CT molecular complexity index is 477. The van der Waals surface area contributed by atoms with Gasteiger partial charge in [0.25, 0.3) is 5.91 Å². The minimum Gasteiger partial charge on any atom is -0.480 e. The molecule has 1 atom stereocenters. The van der Waals surface area contributed by atoms with E-state index in [4.69, 9.17) is 11.5 Å². The number of carbonyl (C=O) groups is 2. The lowest BCUT2D eigenvalue weighted by atomic mass is 10.1. The second-order valence-corrected chi connectivity index (χ2v) is 3.46. The Kier molecular flexibility index (Phi) is 4.23. The Morgan fingerprint density at radius 1 is 1.65 bits per heavy atom. The van der Waals surface area contributed by atoms with Crippen molar-refractivity contribution in [3.63, 3.8) is 0 Å². The number of rotatable bonds is 4. The smallest absolute Gasteiger partial charge is 0.327 e. The van der Waals surface area contributed by atoms with Gasteiger partial charge in [-0.2, -0.15) is 0 Å². The van der Waals surface area contributed by atoms with Gasteiger partial charge < -0.3 is 10.4 Å². The van der Waals surface area contributed by atoms with E-state index in [1.807, 2.05) is 0 Å². The maximum Gasteiger partial charge on any atom is 0.327 e. The van der Waals surface area contributed by atoms with Crippen molar-refractivity contribution in [2.24, 2.45) is 0 Å². The Morgan fingerprint density at radius 2 is 2.35 bits per heavy atom. The molecule has 2 N–H and O–H groups in total. The van der Waals surface area contributed by atoms with Gasteiger partial charge in [0, 0.05) is 23.9 Å². The Hall–Kier alpha value is -2.35. The van der Waals surface area contributed by atoms with Gasteiger partial charge in [-0.3, -0.25) is 9.78 Å². The number of hydrogen-bond donors (Lipinski definition) is 2. The molecule has 5 nitrogen and oxygen atoms in total. The molecule has 1 heterocycles.